The Morgan fingerprint density at radius 1 is 0.810 bits per heavy atom. The zero-order valence-electron chi connectivity index (χ0n) is 22.0. The lowest BCUT2D eigenvalue weighted by Gasteiger charge is -2.42. The van der Waals surface area contributed by atoms with Crippen molar-refractivity contribution in [1.82, 2.24) is 0 Å². The van der Waals surface area contributed by atoms with Crippen molar-refractivity contribution in [2.45, 2.75) is 55.3 Å². The van der Waals surface area contributed by atoms with Gasteiger partial charge in [0.1, 0.15) is 64.9 Å². The molecule has 15 nitrogen and oxygen atoms in total. The van der Waals surface area contributed by atoms with E-state index >= 15 is 0 Å². The third kappa shape index (κ3) is 5.49. The van der Waals surface area contributed by atoms with Crippen LogP contribution in [-0.2, 0) is 14.2 Å². The van der Waals surface area contributed by atoms with Crippen LogP contribution >= 0.6 is 0 Å². The molecule has 42 heavy (non-hydrogen) atoms. The maximum absolute atomic E-state index is 12.9. The quantitative estimate of drug-likeness (QED) is 0.148. The van der Waals surface area contributed by atoms with Crippen molar-refractivity contribution in [2.75, 3.05) is 20.3 Å². The van der Waals surface area contributed by atoms with Crippen LogP contribution in [0.4, 0.5) is 0 Å². The van der Waals surface area contributed by atoms with E-state index in [0.29, 0.717) is 5.56 Å². The van der Waals surface area contributed by atoms with Gasteiger partial charge in [-0.15, -0.1) is 0 Å². The van der Waals surface area contributed by atoms with E-state index in [-0.39, 0.29) is 34.0 Å². The van der Waals surface area contributed by atoms with E-state index in [1.165, 1.54) is 31.4 Å². The van der Waals surface area contributed by atoms with Gasteiger partial charge in [-0.05, 0) is 18.2 Å². The van der Waals surface area contributed by atoms with Gasteiger partial charge in [0.05, 0.1) is 20.3 Å². The number of phenolic OH excluding ortho intramolecular Hbond substituents is 2. The maximum atomic E-state index is 12.9. The van der Waals surface area contributed by atoms with Crippen molar-refractivity contribution in [3.8, 4) is 34.3 Å². The molecule has 3 heterocycles. The molecule has 2 aliphatic heterocycles. The molecule has 0 radical (unpaired) electrons. The van der Waals surface area contributed by atoms with E-state index in [1.54, 1.807) is 0 Å². The normalized spacial score (nSPS) is 31.4. The van der Waals surface area contributed by atoms with Gasteiger partial charge in [0, 0.05) is 23.8 Å². The van der Waals surface area contributed by atoms with Gasteiger partial charge in [0.2, 0.25) is 6.29 Å². The first-order valence-corrected chi connectivity index (χ1v) is 12.8. The summed E-state index contributed by atoms with van der Waals surface area (Å²) < 4.78 is 33.3. The van der Waals surface area contributed by atoms with Crippen LogP contribution in [0.5, 0.6) is 23.0 Å². The molecule has 0 saturated carbocycles. The van der Waals surface area contributed by atoms with E-state index in [1.807, 2.05) is 0 Å². The monoisotopic (exact) mass is 594 g/mol. The number of hydrogen-bond donors (Lipinski definition) is 8. The number of rotatable bonds is 8. The zero-order valence-corrected chi connectivity index (χ0v) is 22.0. The predicted octanol–water partition coefficient (Wildman–Crippen LogP) is -1.48. The van der Waals surface area contributed by atoms with Crippen LogP contribution in [0.2, 0.25) is 0 Å². The van der Waals surface area contributed by atoms with Crippen molar-refractivity contribution in [2.24, 2.45) is 0 Å². The van der Waals surface area contributed by atoms with E-state index < -0.39 is 79.7 Å². The molecule has 2 fully saturated rings. The Morgan fingerprint density at radius 2 is 1.48 bits per heavy atom. The Kier molecular flexibility index (Phi) is 8.56. The molecule has 0 amide bonds. The van der Waals surface area contributed by atoms with Crippen LogP contribution in [0, 0.1) is 0 Å². The summed E-state index contributed by atoms with van der Waals surface area (Å²) in [6.45, 7) is -1.37. The molecule has 15 heteroatoms. The van der Waals surface area contributed by atoms with Gasteiger partial charge in [-0.3, -0.25) is 4.79 Å². The molecule has 2 saturated heterocycles. The Bertz CT molecular complexity index is 1470. The minimum Gasteiger partial charge on any atom is -0.507 e. The van der Waals surface area contributed by atoms with Crippen LogP contribution in [0.25, 0.3) is 22.3 Å². The number of fused-ring (bicyclic) bond motifs is 1. The molecule has 0 spiro atoms. The van der Waals surface area contributed by atoms with Gasteiger partial charge in [-0.2, -0.15) is 0 Å². The molecule has 1 aromatic heterocycles. The molecule has 5 rings (SSSR count). The molecule has 9 atom stereocenters. The highest BCUT2D eigenvalue weighted by molar-refractivity contribution is 5.86. The number of phenols is 2. The zero-order chi connectivity index (χ0) is 30.3. The number of methoxy groups -OCH3 is 1. The number of hydrogen-bond acceptors (Lipinski definition) is 15. The van der Waals surface area contributed by atoms with Gasteiger partial charge in [0.25, 0.3) is 0 Å². The minimum atomic E-state index is -1.76. The molecule has 8 N–H and O–H groups in total. The van der Waals surface area contributed by atoms with Crippen molar-refractivity contribution < 1.29 is 69.0 Å². The highest BCUT2D eigenvalue weighted by Gasteiger charge is 2.51. The van der Waals surface area contributed by atoms with Crippen LogP contribution in [0.1, 0.15) is 0 Å². The number of aliphatic hydroxyl groups excluding tert-OH is 6. The van der Waals surface area contributed by atoms with Gasteiger partial charge >= 0.3 is 0 Å². The van der Waals surface area contributed by atoms with E-state index in [2.05, 4.69) is 0 Å². The second kappa shape index (κ2) is 12.0. The Hall–Kier alpha value is -3.51. The standard InChI is InChI=1S/C27H30O15/c1-37-16-4-10(2-3-12(16)30)15-7-14(32)20-13(31)5-11(6-17(20)39-15)38-27-25(23(35)21(33)18(8-28)41-27)42-26-24(36)22(34)19(9-29)40-26/h2-7,18-19,21-31,33-36H,8-9H2,1H3. The van der Waals surface area contributed by atoms with Crippen LogP contribution < -0.4 is 14.9 Å². The van der Waals surface area contributed by atoms with Crippen molar-refractivity contribution in [3.05, 3.63) is 46.6 Å². The molecule has 0 bridgehead atoms. The number of aliphatic hydroxyl groups is 6. The van der Waals surface area contributed by atoms with E-state index in [4.69, 9.17) is 28.1 Å². The SMILES string of the molecule is COc1cc(-c2cc(=O)c3c(O)cc(OC4OC(CO)C(O)C(O)C4OC4OC(CO)C(O)C4O)cc3o2)ccc1O. The fraction of sp³-hybridized carbons (Fsp3) is 0.444. The van der Waals surface area contributed by atoms with Crippen molar-refractivity contribution in [3.63, 3.8) is 0 Å². The molecule has 228 valence electrons. The molecule has 3 aromatic rings. The first-order chi connectivity index (χ1) is 20.1. The smallest absolute Gasteiger partial charge is 0.229 e. The summed E-state index contributed by atoms with van der Waals surface area (Å²) in [4.78, 5) is 12.9. The molecule has 9 unspecified atom stereocenters. The van der Waals surface area contributed by atoms with E-state index in [9.17, 15) is 45.6 Å². The van der Waals surface area contributed by atoms with Crippen LogP contribution in [0.3, 0.4) is 0 Å². The van der Waals surface area contributed by atoms with Gasteiger partial charge in [0.15, 0.2) is 29.3 Å². The van der Waals surface area contributed by atoms with Gasteiger partial charge in [-0.1, -0.05) is 0 Å². The lowest BCUT2D eigenvalue weighted by atomic mass is 9.99. The fourth-order valence-electron chi connectivity index (χ4n) is 4.85. The van der Waals surface area contributed by atoms with Crippen molar-refractivity contribution in [1.29, 1.82) is 0 Å². The number of ether oxygens (including phenoxy) is 5. The number of aromatic hydroxyl groups is 2. The second-order valence-electron chi connectivity index (χ2n) is 9.81. The summed E-state index contributed by atoms with van der Waals surface area (Å²) in [5.41, 5.74) is -0.337. The third-order valence-corrected chi connectivity index (χ3v) is 7.11. The van der Waals surface area contributed by atoms with Gasteiger partial charge in [-0.25, -0.2) is 0 Å². The average Bonchev–Trinajstić information content (AvgIpc) is 3.24. The molecular weight excluding hydrogens is 564 g/mol. The largest absolute Gasteiger partial charge is 0.507 e. The Morgan fingerprint density at radius 3 is 2.14 bits per heavy atom. The molecular formula is C27H30O15. The summed E-state index contributed by atoms with van der Waals surface area (Å²) in [7, 11) is 1.35. The summed E-state index contributed by atoms with van der Waals surface area (Å²) in [5, 5.41) is 80.9. The minimum absolute atomic E-state index is 0.0701. The molecule has 2 aliphatic rings. The Labute approximate surface area is 236 Å². The highest BCUT2D eigenvalue weighted by atomic mass is 16.8. The topological polar surface area (TPSA) is 238 Å². The van der Waals surface area contributed by atoms with Crippen LogP contribution in [-0.4, -0.2) is 116 Å². The lowest BCUT2D eigenvalue weighted by molar-refractivity contribution is -0.320. The number of benzene rings is 2. The van der Waals surface area contributed by atoms with Crippen molar-refractivity contribution >= 4 is 11.0 Å². The molecule has 0 aliphatic carbocycles. The second-order valence-corrected chi connectivity index (χ2v) is 9.81. The van der Waals surface area contributed by atoms with E-state index in [0.717, 1.165) is 12.1 Å². The predicted molar refractivity (Wildman–Crippen MR) is 139 cm³/mol. The maximum Gasteiger partial charge on any atom is 0.229 e. The summed E-state index contributed by atoms with van der Waals surface area (Å²) in [6, 6.07) is 7.74. The first-order valence-electron chi connectivity index (χ1n) is 12.8. The summed E-state index contributed by atoms with van der Waals surface area (Å²) in [6.07, 6.45) is -13.9. The average molecular weight is 595 g/mol. The lowest BCUT2D eigenvalue weighted by Crippen LogP contribution is -2.62. The van der Waals surface area contributed by atoms with Crippen LogP contribution in [0.15, 0.2) is 45.6 Å². The molecule has 2 aromatic carbocycles. The summed E-state index contributed by atoms with van der Waals surface area (Å²) in [5.74, 6) is -0.608. The first kappa shape index (κ1) is 30.0. The fourth-order valence-corrected chi connectivity index (χ4v) is 4.85. The summed E-state index contributed by atoms with van der Waals surface area (Å²) >= 11 is 0. The van der Waals surface area contributed by atoms with Gasteiger partial charge < -0.3 is 69.0 Å². The third-order valence-electron chi connectivity index (χ3n) is 7.11. The highest BCUT2D eigenvalue weighted by Crippen LogP contribution is 2.36. The Balaban J connectivity index is 1.48.